The quantitative estimate of drug-likeness (QED) is 0.221. The van der Waals surface area contributed by atoms with Gasteiger partial charge in [-0.3, -0.25) is 14.7 Å². The van der Waals surface area contributed by atoms with Crippen LogP contribution in [0.3, 0.4) is 0 Å². The SMILES string of the molecule is CC1C(CN2CCCC2CO)OC(c2cccc(-c3cccc(CNC(=O)c4cccnc4)c3)c2)OC1c1ccc(CO)cc1. The van der Waals surface area contributed by atoms with Gasteiger partial charge in [0.25, 0.3) is 5.91 Å². The fourth-order valence-electron chi connectivity index (χ4n) is 6.41. The molecule has 8 heteroatoms. The van der Waals surface area contributed by atoms with E-state index in [-0.39, 0.29) is 43.3 Å². The number of carbonyl (C=O) groups excluding carboxylic acids is 1. The van der Waals surface area contributed by atoms with Gasteiger partial charge in [-0.25, -0.2) is 0 Å². The average molecular weight is 608 g/mol. The largest absolute Gasteiger partial charge is 0.395 e. The van der Waals surface area contributed by atoms with Crippen molar-refractivity contribution in [1.82, 2.24) is 15.2 Å². The monoisotopic (exact) mass is 607 g/mol. The van der Waals surface area contributed by atoms with Crippen LogP contribution in [0, 0.1) is 5.92 Å². The van der Waals surface area contributed by atoms with Crippen LogP contribution in [0.25, 0.3) is 11.1 Å². The van der Waals surface area contributed by atoms with Crippen LogP contribution in [0.15, 0.2) is 97.3 Å². The molecule has 0 spiro atoms. The minimum Gasteiger partial charge on any atom is -0.395 e. The topological polar surface area (TPSA) is 104 Å². The van der Waals surface area contributed by atoms with Crippen molar-refractivity contribution >= 4 is 5.91 Å². The maximum atomic E-state index is 12.5. The van der Waals surface area contributed by atoms with Gasteiger partial charge in [0.15, 0.2) is 6.29 Å². The predicted octanol–water partition coefficient (Wildman–Crippen LogP) is 5.42. The molecule has 1 amide bonds. The number of aliphatic hydroxyl groups excluding tert-OH is 2. The zero-order valence-corrected chi connectivity index (χ0v) is 25.6. The number of aromatic nitrogens is 1. The molecule has 2 aliphatic rings. The Hall–Kier alpha value is -3.92. The van der Waals surface area contributed by atoms with Gasteiger partial charge in [-0.2, -0.15) is 0 Å². The normalized spacial score (nSPS) is 23.6. The second-order valence-electron chi connectivity index (χ2n) is 12.0. The Bertz CT molecular complexity index is 1560. The molecule has 0 radical (unpaired) electrons. The Morgan fingerprint density at radius 1 is 0.933 bits per heavy atom. The second kappa shape index (κ2) is 14.5. The number of likely N-dealkylation sites (tertiary alicyclic amines) is 1. The van der Waals surface area contributed by atoms with Crippen LogP contribution in [0.2, 0.25) is 0 Å². The maximum absolute atomic E-state index is 12.5. The third-order valence-corrected chi connectivity index (χ3v) is 9.04. The van der Waals surface area contributed by atoms with Gasteiger partial charge in [0.2, 0.25) is 0 Å². The van der Waals surface area contributed by atoms with Crippen LogP contribution in [0.4, 0.5) is 0 Å². The summed E-state index contributed by atoms with van der Waals surface area (Å²) in [4.78, 5) is 18.9. The van der Waals surface area contributed by atoms with Gasteiger partial charge in [-0.05, 0) is 71.5 Å². The first-order chi connectivity index (χ1) is 22.0. The summed E-state index contributed by atoms with van der Waals surface area (Å²) >= 11 is 0. The number of nitrogens with zero attached hydrogens (tertiary/aromatic N) is 2. The number of hydrogen-bond donors (Lipinski definition) is 3. The summed E-state index contributed by atoms with van der Waals surface area (Å²) in [7, 11) is 0. The molecule has 2 aliphatic heterocycles. The van der Waals surface area contributed by atoms with Gasteiger partial charge in [0.05, 0.1) is 31.0 Å². The number of benzene rings is 3. The van der Waals surface area contributed by atoms with Gasteiger partial charge in [-0.1, -0.05) is 67.6 Å². The molecule has 234 valence electrons. The van der Waals surface area contributed by atoms with Gasteiger partial charge >= 0.3 is 0 Å². The fourth-order valence-corrected chi connectivity index (χ4v) is 6.41. The van der Waals surface area contributed by atoms with Crippen molar-refractivity contribution in [2.45, 2.75) is 57.5 Å². The number of amides is 1. The number of aliphatic hydroxyl groups is 2. The number of hydrogen-bond acceptors (Lipinski definition) is 7. The van der Waals surface area contributed by atoms with Crippen LogP contribution in [0.1, 0.15) is 64.8 Å². The minimum atomic E-state index is -0.578. The van der Waals surface area contributed by atoms with E-state index in [1.54, 1.807) is 24.5 Å². The molecule has 5 unspecified atom stereocenters. The van der Waals surface area contributed by atoms with E-state index in [1.807, 2.05) is 48.5 Å². The predicted molar refractivity (Wildman–Crippen MR) is 172 cm³/mol. The van der Waals surface area contributed by atoms with E-state index in [1.165, 1.54) is 0 Å². The molecular formula is C37H41N3O5. The van der Waals surface area contributed by atoms with E-state index in [2.05, 4.69) is 46.4 Å². The summed E-state index contributed by atoms with van der Waals surface area (Å²) in [6.07, 6.45) is 4.40. The fraction of sp³-hybridized carbons (Fsp3) is 0.351. The average Bonchev–Trinajstić information content (AvgIpc) is 3.56. The van der Waals surface area contributed by atoms with Crippen LogP contribution < -0.4 is 5.32 Å². The summed E-state index contributed by atoms with van der Waals surface area (Å²) in [5, 5.41) is 22.5. The number of pyridine rings is 1. The highest BCUT2D eigenvalue weighted by molar-refractivity contribution is 5.93. The Labute approximate surface area is 264 Å². The van der Waals surface area contributed by atoms with Crippen molar-refractivity contribution in [3.8, 4) is 11.1 Å². The molecule has 2 saturated heterocycles. The summed E-state index contributed by atoms with van der Waals surface area (Å²) in [5.74, 6) is -0.0893. The summed E-state index contributed by atoms with van der Waals surface area (Å²) < 4.78 is 13.4. The number of ether oxygens (including phenoxy) is 2. The zero-order valence-electron chi connectivity index (χ0n) is 25.6. The molecule has 45 heavy (non-hydrogen) atoms. The van der Waals surface area contributed by atoms with E-state index in [4.69, 9.17) is 9.47 Å². The molecule has 0 bridgehead atoms. The first-order valence-electron chi connectivity index (χ1n) is 15.8. The molecule has 0 aliphatic carbocycles. The molecule has 3 aromatic carbocycles. The van der Waals surface area contributed by atoms with E-state index < -0.39 is 6.29 Å². The van der Waals surface area contributed by atoms with Crippen LogP contribution in [-0.4, -0.2) is 57.8 Å². The van der Waals surface area contributed by atoms with Gasteiger partial charge < -0.3 is 25.0 Å². The molecule has 5 atom stereocenters. The van der Waals surface area contributed by atoms with Crippen molar-refractivity contribution in [2.75, 3.05) is 19.7 Å². The van der Waals surface area contributed by atoms with Crippen LogP contribution >= 0.6 is 0 Å². The van der Waals surface area contributed by atoms with Crippen molar-refractivity contribution in [3.63, 3.8) is 0 Å². The van der Waals surface area contributed by atoms with Gasteiger partial charge in [-0.15, -0.1) is 0 Å². The van der Waals surface area contributed by atoms with Crippen molar-refractivity contribution in [1.29, 1.82) is 0 Å². The number of rotatable bonds is 10. The van der Waals surface area contributed by atoms with E-state index >= 15 is 0 Å². The zero-order chi connectivity index (χ0) is 31.2. The summed E-state index contributed by atoms with van der Waals surface area (Å²) in [5.41, 5.74) is 6.42. The molecule has 4 aromatic rings. The molecule has 6 rings (SSSR count). The van der Waals surface area contributed by atoms with Gasteiger partial charge in [0.1, 0.15) is 0 Å². The lowest BCUT2D eigenvalue weighted by Gasteiger charge is -2.43. The molecule has 3 N–H and O–H groups in total. The first kappa shape index (κ1) is 31.1. The lowest BCUT2D eigenvalue weighted by Crippen LogP contribution is -2.46. The lowest BCUT2D eigenvalue weighted by molar-refractivity contribution is -0.276. The molecule has 3 heterocycles. The van der Waals surface area contributed by atoms with Crippen molar-refractivity contribution in [3.05, 3.63) is 125 Å². The Kier molecular flexibility index (Phi) is 9.98. The summed E-state index contributed by atoms with van der Waals surface area (Å²) in [6.45, 7) is 4.40. The van der Waals surface area contributed by atoms with Crippen LogP contribution in [0.5, 0.6) is 0 Å². The lowest BCUT2D eigenvalue weighted by atomic mass is 9.89. The molecule has 8 nitrogen and oxygen atoms in total. The van der Waals surface area contributed by atoms with E-state index in [0.29, 0.717) is 12.1 Å². The third-order valence-electron chi connectivity index (χ3n) is 9.04. The minimum absolute atomic E-state index is 0.00189. The molecule has 2 fully saturated rings. The second-order valence-corrected chi connectivity index (χ2v) is 12.0. The van der Waals surface area contributed by atoms with Crippen molar-refractivity contribution in [2.24, 2.45) is 5.92 Å². The highest BCUT2D eigenvalue weighted by Gasteiger charge is 2.40. The Morgan fingerprint density at radius 2 is 1.73 bits per heavy atom. The smallest absolute Gasteiger partial charge is 0.253 e. The van der Waals surface area contributed by atoms with Gasteiger partial charge in [0, 0.05) is 43.0 Å². The van der Waals surface area contributed by atoms with Crippen molar-refractivity contribution < 1.29 is 24.5 Å². The molecule has 0 saturated carbocycles. The highest BCUT2D eigenvalue weighted by atomic mass is 16.7. The molecular weight excluding hydrogens is 566 g/mol. The van der Waals surface area contributed by atoms with E-state index in [0.717, 1.165) is 59.3 Å². The first-order valence-corrected chi connectivity index (χ1v) is 15.8. The molecule has 1 aromatic heterocycles. The standard InChI is InChI=1S/C37H41N3O5/c1-25-34(22-40-17-5-11-33(40)24-42)44-37(45-35(25)28-14-12-26(23-41)13-15-28)31-9-3-8-30(19-31)29-7-2-6-27(18-29)20-39-36(43)32-10-4-16-38-21-32/h2-4,6-10,12-16,18-19,21,25,33-35,37,41-42H,5,11,17,20,22-24H2,1H3,(H,39,43). The maximum Gasteiger partial charge on any atom is 0.253 e. The Morgan fingerprint density at radius 3 is 2.49 bits per heavy atom. The number of carbonyl (C=O) groups is 1. The van der Waals surface area contributed by atoms with Crippen LogP contribution in [-0.2, 0) is 22.6 Å². The number of nitrogens with one attached hydrogen (secondary N) is 1. The Balaban J connectivity index is 1.23. The highest BCUT2D eigenvalue weighted by Crippen LogP contribution is 2.43. The van der Waals surface area contributed by atoms with E-state index in [9.17, 15) is 15.0 Å². The third kappa shape index (κ3) is 7.32. The summed E-state index contributed by atoms with van der Waals surface area (Å²) in [6, 6.07) is 28.0.